The zero-order valence-electron chi connectivity index (χ0n) is 11.5. The fourth-order valence-corrected chi connectivity index (χ4v) is 2.12. The van der Waals surface area contributed by atoms with Gasteiger partial charge in [-0.15, -0.1) is 0 Å². The summed E-state index contributed by atoms with van der Waals surface area (Å²) in [5.74, 6) is -0.257. The Morgan fingerprint density at radius 2 is 1.90 bits per heavy atom. The molecular weight excluding hydrogens is 262 g/mol. The smallest absolute Gasteiger partial charge is 0.267 e. The summed E-state index contributed by atoms with van der Waals surface area (Å²) in [6, 6.07) is 10.9. The van der Waals surface area contributed by atoms with E-state index < -0.39 is 0 Å². The minimum atomic E-state index is -0.257. The highest BCUT2D eigenvalue weighted by Gasteiger charge is 2.05. The molecule has 0 spiro atoms. The molecule has 0 saturated carbocycles. The van der Waals surface area contributed by atoms with Gasteiger partial charge in [-0.2, -0.15) is 5.10 Å². The van der Waals surface area contributed by atoms with E-state index in [0.29, 0.717) is 10.9 Å². The van der Waals surface area contributed by atoms with Crippen LogP contribution >= 0.6 is 0 Å². The lowest BCUT2D eigenvalue weighted by atomic mass is 10.1. The zero-order valence-corrected chi connectivity index (χ0v) is 11.5. The van der Waals surface area contributed by atoms with Crippen LogP contribution in [0.3, 0.4) is 0 Å². The molecule has 0 atom stereocenters. The van der Waals surface area contributed by atoms with Crippen LogP contribution in [0, 0.1) is 0 Å². The maximum atomic E-state index is 12.0. The Bertz CT molecular complexity index is 725. The topological polar surface area (TPSA) is 47.2 Å². The van der Waals surface area contributed by atoms with E-state index in [0.717, 1.165) is 6.42 Å². The number of hydrogen-bond acceptors (Lipinski definition) is 2. The summed E-state index contributed by atoms with van der Waals surface area (Å²) in [4.78, 5) is 16.0. The monoisotopic (exact) mass is 277 g/mol. The Morgan fingerprint density at radius 3 is 2.57 bits per heavy atom. The van der Waals surface area contributed by atoms with E-state index >= 15 is 0 Å². The van der Waals surface area contributed by atoms with Gasteiger partial charge in [0.1, 0.15) is 0 Å². The van der Waals surface area contributed by atoms with Crippen molar-refractivity contribution in [1.29, 1.82) is 0 Å². The third kappa shape index (κ3) is 3.23. The van der Waals surface area contributed by atoms with Crippen LogP contribution in [-0.4, -0.2) is 15.7 Å². The SMILES string of the molecule is O=C(N=c1ccn(C2C=CCC=C2)nc1)c1ccccc1. The van der Waals surface area contributed by atoms with Crippen molar-refractivity contribution in [2.45, 2.75) is 12.5 Å². The van der Waals surface area contributed by atoms with Gasteiger partial charge in [0.15, 0.2) is 0 Å². The number of carbonyl (C=O) groups excluding carboxylic acids is 1. The zero-order chi connectivity index (χ0) is 14.5. The number of allylic oxidation sites excluding steroid dienone is 4. The van der Waals surface area contributed by atoms with Crippen molar-refractivity contribution >= 4 is 5.91 Å². The average molecular weight is 277 g/mol. The summed E-state index contributed by atoms with van der Waals surface area (Å²) in [5.41, 5.74) is 0.576. The fraction of sp³-hybridized carbons (Fsp3) is 0.118. The molecule has 1 aliphatic rings. The minimum Gasteiger partial charge on any atom is -0.267 e. The van der Waals surface area contributed by atoms with Gasteiger partial charge in [0, 0.05) is 11.8 Å². The summed E-state index contributed by atoms with van der Waals surface area (Å²) >= 11 is 0. The Hall–Kier alpha value is -2.75. The molecule has 1 aromatic carbocycles. The van der Waals surface area contributed by atoms with Crippen LogP contribution in [0.1, 0.15) is 22.8 Å². The van der Waals surface area contributed by atoms with Crippen LogP contribution in [0.15, 0.2) is 78.1 Å². The largest absolute Gasteiger partial charge is 0.277 e. The lowest BCUT2D eigenvalue weighted by Crippen LogP contribution is -2.15. The molecule has 104 valence electrons. The van der Waals surface area contributed by atoms with Gasteiger partial charge in [-0.3, -0.25) is 9.48 Å². The lowest BCUT2D eigenvalue weighted by molar-refractivity contribution is 0.0998. The second-order valence-corrected chi connectivity index (χ2v) is 4.73. The predicted molar refractivity (Wildman–Crippen MR) is 80.5 cm³/mol. The van der Waals surface area contributed by atoms with E-state index in [9.17, 15) is 4.79 Å². The summed E-state index contributed by atoms with van der Waals surface area (Å²) in [5, 5.41) is 4.88. The second kappa shape index (κ2) is 6.13. The van der Waals surface area contributed by atoms with Crippen LogP contribution in [-0.2, 0) is 0 Å². The number of nitrogens with zero attached hydrogens (tertiary/aromatic N) is 3. The minimum absolute atomic E-state index is 0.137. The van der Waals surface area contributed by atoms with Crippen molar-refractivity contribution in [3.8, 4) is 0 Å². The second-order valence-electron chi connectivity index (χ2n) is 4.73. The number of hydrogen-bond donors (Lipinski definition) is 0. The van der Waals surface area contributed by atoms with E-state index in [1.165, 1.54) is 0 Å². The van der Waals surface area contributed by atoms with Crippen molar-refractivity contribution in [2.24, 2.45) is 4.99 Å². The van der Waals surface area contributed by atoms with Crippen molar-refractivity contribution in [2.75, 3.05) is 0 Å². The lowest BCUT2D eigenvalue weighted by Gasteiger charge is -2.13. The van der Waals surface area contributed by atoms with Gasteiger partial charge in [0.25, 0.3) is 5.91 Å². The molecule has 2 aromatic rings. The van der Waals surface area contributed by atoms with E-state index in [4.69, 9.17) is 0 Å². The van der Waals surface area contributed by atoms with E-state index in [1.54, 1.807) is 24.4 Å². The molecule has 1 amide bonds. The summed E-state index contributed by atoms with van der Waals surface area (Å²) in [7, 11) is 0. The fourth-order valence-electron chi connectivity index (χ4n) is 2.12. The maximum absolute atomic E-state index is 12.0. The molecular formula is C17H15N3O. The third-order valence-corrected chi connectivity index (χ3v) is 3.22. The number of benzene rings is 1. The molecule has 1 aromatic heterocycles. The Labute approximate surface area is 122 Å². The first-order valence-corrected chi connectivity index (χ1v) is 6.85. The number of carbonyl (C=O) groups is 1. The summed E-state index contributed by atoms with van der Waals surface area (Å²) < 4.78 is 1.83. The highest BCUT2D eigenvalue weighted by atomic mass is 16.1. The molecule has 4 nitrogen and oxygen atoms in total. The summed E-state index contributed by atoms with van der Waals surface area (Å²) in [6.45, 7) is 0. The first kappa shape index (κ1) is 13.2. The molecule has 0 unspecified atom stereocenters. The van der Waals surface area contributed by atoms with Gasteiger partial charge in [-0.25, -0.2) is 4.99 Å². The Kier molecular flexibility index (Phi) is 3.87. The molecule has 0 bridgehead atoms. The van der Waals surface area contributed by atoms with Crippen molar-refractivity contribution in [3.05, 3.63) is 84.0 Å². The van der Waals surface area contributed by atoms with E-state index in [2.05, 4.69) is 34.4 Å². The van der Waals surface area contributed by atoms with Crippen molar-refractivity contribution < 1.29 is 4.79 Å². The molecule has 0 saturated heterocycles. The maximum Gasteiger partial charge on any atom is 0.277 e. The highest BCUT2D eigenvalue weighted by molar-refractivity contribution is 5.94. The molecule has 21 heavy (non-hydrogen) atoms. The average Bonchev–Trinajstić information content (AvgIpc) is 2.57. The van der Waals surface area contributed by atoms with Crippen molar-refractivity contribution in [3.63, 3.8) is 0 Å². The third-order valence-electron chi connectivity index (χ3n) is 3.22. The predicted octanol–water partition coefficient (Wildman–Crippen LogP) is 2.68. The van der Waals surface area contributed by atoms with Crippen LogP contribution in [0.5, 0.6) is 0 Å². The van der Waals surface area contributed by atoms with Gasteiger partial charge in [-0.05, 0) is 24.6 Å². The summed E-state index contributed by atoms with van der Waals surface area (Å²) in [6.07, 6.45) is 12.8. The van der Waals surface area contributed by atoms with Gasteiger partial charge in [0.05, 0.1) is 17.6 Å². The van der Waals surface area contributed by atoms with E-state index in [1.807, 2.05) is 29.1 Å². The van der Waals surface area contributed by atoms with Gasteiger partial charge >= 0.3 is 0 Å². The number of rotatable bonds is 2. The van der Waals surface area contributed by atoms with Crippen LogP contribution in [0.25, 0.3) is 0 Å². The van der Waals surface area contributed by atoms with Crippen LogP contribution < -0.4 is 5.36 Å². The van der Waals surface area contributed by atoms with Gasteiger partial charge in [-0.1, -0.05) is 42.5 Å². The molecule has 3 rings (SSSR count). The normalized spacial score (nSPS) is 15.3. The Morgan fingerprint density at radius 1 is 1.14 bits per heavy atom. The highest BCUT2D eigenvalue weighted by Crippen LogP contribution is 2.12. The number of aromatic nitrogens is 2. The standard InChI is InChI=1S/C17H15N3O/c21-17(14-7-3-1-4-8-14)19-15-11-12-20(18-13-15)16-9-5-2-6-10-16/h1,3-13,16H,2H2. The molecule has 4 heteroatoms. The molecule has 1 heterocycles. The molecule has 0 fully saturated rings. The van der Waals surface area contributed by atoms with Crippen molar-refractivity contribution in [1.82, 2.24) is 9.78 Å². The van der Waals surface area contributed by atoms with Gasteiger partial charge < -0.3 is 0 Å². The number of amides is 1. The van der Waals surface area contributed by atoms with Crippen LogP contribution in [0.4, 0.5) is 0 Å². The van der Waals surface area contributed by atoms with E-state index in [-0.39, 0.29) is 11.9 Å². The molecule has 0 N–H and O–H groups in total. The molecule has 1 aliphatic carbocycles. The Balaban J connectivity index is 1.82. The molecule has 0 radical (unpaired) electrons. The van der Waals surface area contributed by atoms with Gasteiger partial charge in [0.2, 0.25) is 0 Å². The molecule has 0 aliphatic heterocycles. The first-order chi connectivity index (χ1) is 10.3. The quantitative estimate of drug-likeness (QED) is 0.792. The first-order valence-electron chi connectivity index (χ1n) is 6.85. The van der Waals surface area contributed by atoms with Crippen LogP contribution in [0.2, 0.25) is 0 Å².